The Morgan fingerprint density at radius 3 is 3.17 bits per heavy atom. The summed E-state index contributed by atoms with van der Waals surface area (Å²) < 4.78 is 1.90. The molecular formula is C16H22N6S. The second-order valence-corrected chi connectivity index (χ2v) is 7.08. The number of hydrogen-bond donors (Lipinski definition) is 2. The van der Waals surface area contributed by atoms with Crippen LogP contribution in [0.25, 0.3) is 0 Å². The lowest BCUT2D eigenvalue weighted by Crippen LogP contribution is -2.38. The van der Waals surface area contributed by atoms with Gasteiger partial charge in [-0.3, -0.25) is 0 Å². The van der Waals surface area contributed by atoms with Crippen molar-refractivity contribution in [3.63, 3.8) is 0 Å². The van der Waals surface area contributed by atoms with Crippen LogP contribution in [0.5, 0.6) is 0 Å². The number of nitrogens with one attached hydrogen (secondary N) is 2. The summed E-state index contributed by atoms with van der Waals surface area (Å²) in [7, 11) is 4.24. The van der Waals surface area contributed by atoms with Crippen molar-refractivity contribution < 1.29 is 0 Å². The molecule has 2 atom stereocenters. The number of aromatic nitrogens is 2. The number of rotatable bonds is 6. The predicted molar refractivity (Wildman–Crippen MR) is 92.5 cm³/mol. The Hall–Kier alpha value is -1.88. The number of thiophene rings is 1. The summed E-state index contributed by atoms with van der Waals surface area (Å²) in [6.07, 6.45) is 1.64. The molecule has 1 aliphatic rings. The predicted octanol–water partition coefficient (Wildman–Crippen LogP) is 1.75. The van der Waals surface area contributed by atoms with E-state index in [-0.39, 0.29) is 0 Å². The largest absolute Gasteiger partial charge is 0.369 e. The van der Waals surface area contributed by atoms with Gasteiger partial charge in [-0.1, -0.05) is 6.07 Å². The number of fused-ring (bicyclic) bond motifs is 1. The molecule has 7 heteroatoms. The summed E-state index contributed by atoms with van der Waals surface area (Å²) in [6.45, 7) is 3.59. The molecule has 0 saturated carbocycles. The fraction of sp³-hybridized carbons (Fsp3) is 0.500. The van der Waals surface area contributed by atoms with Crippen LogP contribution < -0.4 is 10.6 Å². The van der Waals surface area contributed by atoms with Crippen LogP contribution in [0.15, 0.2) is 23.7 Å². The van der Waals surface area contributed by atoms with E-state index in [2.05, 4.69) is 58.3 Å². The van der Waals surface area contributed by atoms with Crippen LogP contribution in [0.1, 0.15) is 16.5 Å². The molecule has 0 unspecified atom stereocenters. The molecule has 0 saturated heterocycles. The van der Waals surface area contributed by atoms with E-state index >= 15 is 0 Å². The molecule has 6 nitrogen and oxygen atoms in total. The maximum atomic E-state index is 9.03. The summed E-state index contributed by atoms with van der Waals surface area (Å²) in [5.41, 5.74) is 0.627. The zero-order chi connectivity index (χ0) is 16.2. The first-order valence-electron chi connectivity index (χ1n) is 7.79. The normalized spacial score (nSPS) is 18.3. The highest BCUT2D eigenvalue weighted by Gasteiger charge is 2.22. The second-order valence-electron chi connectivity index (χ2n) is 6.10. The molecule has 3 rings (SSSR count). The molecule has 1 aliphatic heterocycles. The van der Waals surface area contributed by atoms with Crippen molar-refractivity contribution in [2.45, 2.75) is 12.6 Å². The van der Waals surface area contributed by atoms with Gasteiger partial charge in [0.15, 0.2) is 0 Å². The van der Waals surface area contributed by atoms with Crippen LogP contribution in [0, 0.1) is 17.2 Å². The average molecular weight is 330 g/mol. The van der Waals surface area contributed by atoms with Crippen molar-refractivity contribution in [3.05, 3.63) is 34.2 Å². The van der Waals surface area contributed by atoms with Gasteiger partial charge in [0, 0.05) is 37.0 Å². The van der Waals surface area contributed by atoms with E-state index in [4.69, 9.17) is 5.26 Å². The van der Waals surface area contributed by atoms with E-state index < -0.39 is 0 Å². The third-order valence-corrected chi connectivity index (χ3v) is 5.19. The summed E-state index contributed by atoms with van der Waals surface area (Å²) in [4.78, 5) is 3.64. The fourth-order valence-electron chi connectivity index (χ4n) is 2.92. The number of nitriles is 1. The minimum absolute atomic E-state index is 0.400. The van der Waals surface area contributed by atoms with Crippen LogP contribution >= 0.6 is 11.3 Å². The van der Waals surface area contributed by atoms with Crippen molar-refractivity contribution in [1.29, 1.82) is 5.26 Å². The van der Waals surface area contributed by atoms with E-state index in [9.17, 15) is 0 Å². The van der Waals surface area contributed by atoms with Gasteiger partial charge in [0.2, 0.25) is 0 Å². The first-order valence-corrected chi connectivity index (χ1v) is 8.67. The van der Waals surface area contributed by atoms with Gasteiger partial charge in [0.05, 0.1) is 12.2 Å². The number of hydrogen-bond acceptors (Lipinski definition) is 6. The number of likely N-dealkylation sites (N-methyl/N-ethyl adjacent to an activating group) is 1. The lowest BCUT2D eigenvalue weighted by atomic mass is 10.1. The van der Waals surface area contributed by atoms with E-state index in [0.29, 0.717) is 17.5 Å². The topological polar surface area (TPSA) is 68.9 Å². The SMILES string of the molecule is CN(C)[C@H](CNC[C@H]1CNc2c(C#N)cnn2C1)c1cccs1. The molecular weight excluding hydrogens is 308 g/mol. The highest BCUT2D eigenvalue weighted by atomic mass is 32.1. The van der Waals surface area contributed by atoms with Crippen LogP contribution in [-0.2, 0) is 6.54 Å². The molecule has 2 aromatic rings. The molecule has 0 fully saturated rings. The molecule has 2 aromatic heterocycles. The smallest absolute Gasteiger partial charge is 0.142 e. The van der Waals surface area contributed by atoms with E-state index in [1.54, 1.807) is 17.5 Å². The van der Waals surface area contributed by atoms with Gasteiger partial charge in [-0.2, -0.15) is 10.4 Å². The van der Waals surface area contributed by atoms with Gasteiger partial charge in [-0.05, 0) is 25.5 Å². The van der Waals surface area contributed by atoms with Crippen LogP contribution in [-0.4, -0.2) is 48.4 Å². The highest BCUT2D eigenvalue weighted by Crippen LogP contribution is 2.23. The quantitative estimate of drug-likeness (QED) is 0.844. The Morgan fingerprint density at radius 1 is 1.61 bits per heavy atom. The summed E-state index contributed by atoms with van der Waals surface area (Å²) in [5, 5.41) is 22.4. The first-order chi connectivity index (χ1) is 11.2. The Morgan fingerprint density at radius 2 is 2.48 bits per heavy atom. The molecule has 0 aromatic carbocycles. The average Bonchev–Trinajstić information content (AvgIpc) is 3.20. The van der Waals surface area contributed by atoms with Crippen LogP contribution in [0.3, 0.4) is 0 Å². The summed E-state index contributed by atoms with van der Waals surface area (Å²) in [6, 6.07) is 6.87. The van der Waals surface area contributed by atoms with Gasteiger partial charge >= 0.3 is 0 Å². The zero-order valence-corrected chi connectivity index (χ0v) is 14.3. The maximum absolute atomic E-state index is 9.03. The van der Waals surface area contributed by atoms with Crippen molar-refractivity contribution in [2.75, 3.05) is 39.0 Å². The molecule has 2 N–H and O–H groups in total. The molecule has 23 heavy (non-hydrogen) atoms. The third kappa shape index (κ3) is 3.55. The van der Waals surface area contributed by atoms with Crippen molar-refractivity contribution in [1.82, 2.24) is 20.0 Å². The lowest BCUT2D eigenvalue weighted by molar-refractivity contribution is 0.283. The Kier molecular flexibility index (Phi) is 4.96. The molecule has 0 spiro atoms. The molecule has 0 amide bonds. The van der Waals surface area contributed by atoms with Gasteiger partial charge in [0.25, 0.3) is 0 Å². The van der Waals surface area contributed by atoms with Gasteiger partial charge in [-0.25, -0.2) is 4.68 Å². The van der Waals surface area contributed by atoms with Crippen molar-refractivity contribution in [2.24, 2.45) is 5.92 Å². The van der Waals surface area contributed by atoms with Gasteiger partial charge in [0.1, 0.15) is 17.5 Å². The van der Waals surface area contributed by atoms with Gasteiger partial charge < -0.3 is 15.5 Å². The minimum atomic E-state index is 0.400. The van der Waals surface area contributed by atoms with Crippen LogP contribution in [0.2, 0.25) is 0 Å². The first kappa shape index (κ1) is 16.0. The minimum Gasteiger partial charge on any atom is -0.369 e. The van der Waals surface area contributed by atoms with Crippen molar-refractivity contribution >= 4 is 17.2 Å². The van der Waals surface area contributed by atoms with Gasteiger partial charge in [-0.15, -0.1) is 11.3 Å². The van der Waals surface area contributed by atoms with Crippen LogP contribution in [0.4, 0.5) is 5.82 Å². The highest BCUT2D eigenvalue weighted by molar-refractivity contribution is 7.10. The molecule has 3 heterocycles. The standard InChI is InChI=1S/C16H22N6S/c1-21(2)14(15-4-3-5-23-15)10-18-7-12-8-19-16-13(6-17)9-20-22(16)11-12/h3-5,9,12,14,18-19H,7-8,10-11H2,1-2H3/t12-,14+/m0/s1. The third-order valence-electron chi connectivity index (χ3n) is 4.21. The maximum Gasteiger partial charge on any atom is 0.142 e. The zero-order valence-electron chi connectivity index (χ0n) is 13.5. The van der Waals surface area contributed by atoms with E-state index in [0.717, 1.165) is 32.0 Å². The molecule has 0 radical (unpaired) electrons. The number of nitrogens with zero attached hydrogens (tertiary/aromatic N) is 4. The fourth-order valence-corrected chi connectivity index (χ4v) is 3.84. The number of anilines is 1. The summed E-state index contributed by atoms with van der Waals surface area (Å²) in [5.74, 6) is 1.33. The molecule has 0 bridgehead atoms. The Bertz CT molecular complexity index is 669. The lowest BCUT2D eigenvalue weighted by Gasteiger charge is -2.28. The Labute approximate surface area is 140 Å². The van der Waals surface area contributed by atoms with E-state index in [1.165, 1.54) is 4.88 Å². The molecule has 0 aliphatic carbocycles. The van der Waals surface area contributed by atoms with Crippen molar-refractivity contribution in [3.8, 4) is 6.07 Å². The van der Waals surface area contributed by atoms with E-state index in [1.807, 2.05) is 4.68 Å². The Balaban J connectivity index is 1.52. The summed E-state index contributed by atoms with van der Waals surface area (Å²) >= 11 is 1.80. The molecule has 122 valence electrons. The second kappa shape index (κ2) is 7.13. The monoisotopic (exact) mass is 330 g/mol.